The molecule has 4 heterocycles. The maximum atomic E-state index is 9.91. The van der Waals surface area contributed by atoms with E-state index in [1.165, 1.54) is 60.1 Å². The average Bonchev–Trinajstić information content (AvgIpc) is 2.62. The molecule has 0 amide bonds. The first-order valence-corrected chi connectivity index (χ1v) is 9.64. The van der Waals surface area contributed by atoms with Gasteiger partial charge in [0.05, 0.1) is 11.4 Å². The lowest BCUT2D eigenvalue weighted by molar-refractivity contribution is 0.0329. The molecule has 2 aromatic carbocycles. The summed E-state index contributed by atoms with van der Waals surface area (Å²) in [5.74, 6) is 0.352. The second-order valence-corrected chi connectivity index (χ2v) is 8.48. The van der Waals surface area contributed by atoms with Gasteiger partial charge in [0.2, 0.25) is 0 Å². The number of anilines is 2. The Balaban J connectivity index is 1.57. The highest BCUT2D eigenvalue weighted by Crippen LogP contribution is 2.51. The van der Waals surface area contributed by atoms with E-state index in [1.807, 2.05) is 12.1 Å². The van der Waals surface area contributed by atoms with E-state index in [0.717, 1.165) is 6.54 Å². The summed E-state index contributed by atoms with van der Waals surface area (Å²) in [7, 11) is 0. The third-order valence-corrected chi connectivity index (χ3v) is 7.09. The maximum absolute atomic E-state index is 9.91. The monoisotopic (exact) mass is 338 g/mol. The lowest BCUT2D eigenvalue weighted by atomic mass is 9.71. The van der Waals surface area contributed by atoms with Gasteiger partial charge in [-0.15, -0.1) is 0 Å². The summed E-state index contributed by atoms with van der Waals surface area (Å²) in [5.41, 5.74) is 3.01. The van der Waals surface area contributed by atoms with Crippen LogP contribution < -0.4 is 4.90 Å². The first-order chi connectivity index (χ1) is 11.7. The highest BCUT2D eigenvalue weighted by Gasteiger charge is 2.41. The van der Waals surface area contributed by atoms with Gasteiger partial charge in [-0.05, 0) is 74.6 Å². The van der Waals surface area contributed by atoms with Crippen LogP contribution in [0.2, 0.25) is 0 Å². The van der Waals surface area contributed by atoms with Crippen molar-refractivity contribution in [2.24, 2.45) is 5.41 Å². The number of fused-ring (bicyclic) bond motifs is 5. The van der Waals surface area contributed by atoms with E-state index < -0.39 is 0 Å². The standard InChI is InChI=1S/C20H22N2OS/c23-15-5-6-17-19(13-15)24-18-4-2-1-3-16(18)22(17)14-20-7-10-21(11-8-20)12-9-20/h1-6,13,23H,7-12,14H2. The van der Waals surface area contributed by atoms with Crippen molar-refractivity contribution in [1.82, 2.24) is 4.90 Å². The molecule has 2 aromatic rings. The van der Waals surface area contributed by atoms with Gasteiger partial charge in [0.1, 0.15) is 5.75 Å². The summed E-state index contributed by atoms with van der Waals surface area (Å²) < 4.78 is 0. The van der Waals surface area contributed by atoms with Crippen molar-refractivity contribution in [3.8, 4) is 5.75 Å². The fourth-order valence-electron chi connectivity index (χ4n) is 4.46. The molecule has 3 saturated heterocycles. The number of benzene rings is 2. The van der Waals surface area contributed by atoms with Crippen molar-refractivity contribution >= 4 is 23.1 Å². The molecule has 1 N–H and O–H groups in total. The van der Waals surface area contributed by atoms with Crippen molar-refractivity contribution in [2.45, 2.75) is 29.1 Å². The number of phenols is 1. The Morgan fingerprint density at radius 2 is 1.62 bits per heavy atom. The SMILES string of the molecule is Oc1ccc2c(c1)Sc1ccccc1N2CC12CCN(CC1)CC2. The maximum Gasteiger partial charge on any atom is 0.116 e. The van der Waals surface area contributed by atoms with Gasteiger partial charge in [-0.25, -0.2) is 0 Å². The molecule has 6 rings (SSSR count). The molecule has 0 radical (unpaired) electrons. The van der Waals surface area contributed by atoms with E-state index in [1.54, 1.807) is 11.8 Å². The number of hydrogen-bond donors (Lipinski definition) is 1. The van der Waals surface area contributed by atoms with E-state index in [4.69, 9.17) is 0 Å². The summed E-state index contributed by atoms with van der Waals surface area (Å²) in [6, 6.07) is 14.5. The Kier molecular flexibility index (Phi) is 3.32. The van der Waals surface area contributed by atoms with Crippen molar-refractivity contribution in [1.29, 1.82) is 0 Å². The third-order valence-electron chi connectivity index (χ3n) is 5.98. The normalized spacial score (nSPS) is 27.7. The highest BCUT2D eigenvalue weighted by molar-refractivity contribution is 7.99. The Morgan fingerprint density at radius 3 is 2.42 bits per heavy atom. The molecule has 2 bridgehead atoms. The zero-order valence-electron chi connectivity index (χ0n) is 13.7. The number of nitrogens with zero attached hydrogens (tertiary/aromatic N) is 2. The van der Waals surface area contributed by atoms with E-state index in [2.05, 4.69) is 40.1 Å². The molecule has 0 spiro atoms. The van der Waals surface area contributed by atoms with Crippen LogP contribution in [0.1, 0.15) is 19.3 Å². The first kappa shape index (κ1) is 14.7. The molecule has 0 saturated carbocycles. The van der Waals surface area contributed by atoms with E-state index in [0.29, 0.717) is 11.2 Å². The molecule has 0 atom stereocenters. The van der Waals surface area contributed by atoms with Gasteiger partial charge in [-0.2, -0.15) is 0 Å². The van der Waals surface area contributed by atoms with Crippen LogP contribution in [0, 0.1) is 5.41 Å². The van der Waals surface area contributed by atoms with Crippen LogP contribution in [0.25, 0.3) is 0 Å². The van der Waals surface area contributed by atoms with E-state index in [-0.39, 0.29) is 0 Å². The van der Waals surface area contributed by atoms with E-state index in [9.17, 15) is 5.11 Å². The van der Waals surface area contributed by atoms with Crippen molar-refractivity contribution in [2.75, 3.05) is 31.1 Å². The van der Waals surface area contributed by atoms with Gasteiger partial charge in [-0.3, -0.25) is 0 Å². The fourth-order valence-corrected chi connectivity index (χ4v) is 5.59. The molecule has 4 heteroatoms. The van der Waals surface area contributed by atoms with Gasteiger partial charge < -0.3 is 14.9 Å². The van der Waals surface area contributed by atoms with Gasteiger partial charge in [-0.1, -0.05) is 23.9 Å². The Hall–Kier alpha value is -1.65. The molecule has 24 heavy (non-hydrogen) atoms. The fraction of sp³-hybridized carbons (Fsp3) is 0.400. The second kappa shape index (κ2) is 5.43. The van der Waals surface area contributed by atoms with Crippen molar-refractivity contribution < 1.29 is 5.11 Å². The molecule has 0 aliphatic carbocycles. The van der Waals surface area contributed by atoms with Crippen LogP contribution >= 0.6 is 11.8 Å². The molecule has 0 unspecified atom stereocenters. The average molecular weight is 338 g/mol. The molecule has 3 nitrogen and oxygen atoms in total. The lowest BCUT2D eigenvalue weighted by Crippen LogP contribution is -2.52. The molecular weight excluding hydrogens is 316 g/mol. The minimum Gasteiger partial charge on any atom is -0.508 e. The summed E-state index contributed by atoms with van der Waals surface area (Å²) >= 11 is 1.77. The topological polar surface area (TPSA) is 26.7 Å². The first-order valence-electron chi connectivity index (χ1n) is 8.82. The molecule has 124 valence electrons. The van der Waals surface area contributed by atoms with Gasteiger partial charge in [0.25, 0.3) is 0 Å². The van der Waals surface area contributed by atoms with Crippen LogP contribution in [-0.4, -0.2) is 36.2 Å². The highest BCUT2D eigenvalue weighted by atomic mass is 32.2. The van der Waals surface area contributed by atoms with Crippen LogP contribution in [0.5, 0.6) is 5.75 Å². The van der Waals surface area contributed by atoms with Gasteiger partial charge in [0, 0.05) is 16.3 Å². The second-order valence-electron chi connectivity index (χ2n) is 7.40. The number of rotatable bonds is 2. The quantitative estimate of drug-likeness (QED) is 0.873. The zero-order chi connectivity index (χ0) is 16.1. The van der Waals surface area contributed by atoms with Gasteiger partial charge in [0.15, 0.2) is 0 Å². The molecule has 3 fully saturated rings. The molecule has 4 aliphatic rings. The smallest absolute Gasteiger partial charge is 0.116 e. The molecule has 4 aliphatic heterocycles. The van der Waals surface area contributed by atoms with Crippen LogP contribution in [-0.2, 0) is 0 Å². The summed E-state index contributed by atoms with van der Waals surface area (Å²) in [6.45, 7) is 4.86. The molecule has 0 aromatic heterocycles. The number of para-hydroxylation sites is 1. The molecular formula is C20H22N2OS. The summed E-state index contributed by atoms with van der Waals surface area (Å²) in [5, 5.41) is 9.91. The zero-order valence-corrected chi connectivity index (χ0v) is 14.6. The van der Waals surface area contributed by atoms with Crippen LogP contribution in [0.4, 0.5) is 11.4 Å². The largest absolute Gasteiger partial charge is 0.508 e. The summed E-state index contributed by atoms with van der Waals surface area (Å²) in [6.07, 6.45) is 3.94. The number of phenolic OH excluding ortho intramolecular Hbond substituents is 1. The van der Waals surface area contributed by atoms with E-state index >= 15 is 0 Å². The predicted molar refractivity (Wildman–Crippen MR) is 98.4 cm³/mol. The minimum absolute atomic E-state index is 0.352. The number of aromatic hydroxyl groups is 1. The lowest BCUT2D eigenvalue weighted by Gasteiger charge is -2.51. The van der Waals surface area contributed by atoms with Crippen LogP contribution in [0.15, 0.2) is 52.3 Å². The Morgan fingerprint density at radius 1 is 0.917 bits per heavy atom. The third kappa shape index (κ3) is 2.32. The van der Waals surface area contributed by atoms with Crippen molar-refractivity contribution in [3.63, 3.8) is 0 Å². The van der Waals surface area contributed by atoms with Gasteiger partial charge >= 0.3 is 0 Å². The van der Waals surface area contributed by atoms with Crippen molar-refractivity contribution in [3.05, 3.63) is 42.5 Å². The summed E-state index contributed by atoms with van der Waals surface area (Å²) in [4.78, 5) is 7.58. The predicted octanol–water partition coefficient (Wildman–Crippen LogP) is 4.48. The Bertz CT molecular complexity index is 769. The number of hydrogen-bond acceptors (Lipinski definition) is 4. The minimum atomic E-state index is 0.352. The Labute approximate surface area is 147 Å². The van der Waals surface area contributed by atoms with Crippen LogP contribution in [0.3, 0.4) is 0 Å². The number of piperidine rings is 3.